The number of nitrogen functional groups attached to an aromatic ring is 1. The third-order valence-corrected chi connectivity index (χ3v) is 4.40. The quantitative estimate of drug-likeness (QED) is 0.743. The first-order valence-electron chi connectivity index (χ1n) is 6.54. The average Bonchev–Trinajstić information content (AvgIpc) is 2.84. The van der Waals surface area contributed by atoms with Crippen LogP contribution < -0.4 is 10.6 Å². The molecule has 3 nitrogen and oxygen atoms in total. The van der Waals surface area contributed by atoms with Crippen LogP contribution in [0.3, 0.4) is 0 Å². The third kappa shape index (κ3) is 2.60. The molecule has 20 heavy (non-hydrogen) atoms. The van der Waals surface area contributed by atoms with Crippen molar-refractivity contribution in [3.63, 3.8) is 0 Å². The van der Waals surface area contributed by atoms with Crippen molar-refractivity contribution in [1.29, 1.82) is 0 Å². The lowest BCUT2D eigenvalue weighted by Crippen LogP contribution is -2.15. The highest BCUT2D eigenvalue weighted by molar-refractivity contribution is 7.22. The molecule has 0 unspecified atom stereocenters. The molecule has 0 radical (unpaired) electrons. The average molecular weight is 283 g/mol. The fourth-order valence-corrected chi connectivity index (χ4v) is 3.10. The van der Waals surface area contributed by atoms with Crippen molar-refractivity contribution in [3.05, 3.63) is 53.6 Å². The Morgan fingerprint density at radius 2 is 1.90 bits per heavy atom. The Labute approximate surface area is 122 Å². The van der Waals surface area contributed by atoms with Crippen LogP contribution in [0.4, 0.5) is 10.8 Å². The van der Waals surface area contributed by atoms with Gasteiger partial charge in [-0.25, -0.2) is 4.98 Å². The molecule has 102 valence electrons. The molecule has 0 saturated heterocycles. The van der Waals surface area contributed by atoms with E-state index in [-0.39, 0.29) is 0 Å². The van der Waals surface area contributed by atoms with E-state index >= 15 is 0 Å². The van der Waals surface area contributed by atoms with E-state index in [1.54, 1.807) is 11.3 Å². The lowest BCUT2D eigenvalue weighted by atomic mass is 10.1. The number of benzene rings is 2. The molecule has 0 bridgehead atoms. The minimum absolute atomic E-state index is 0.786. The van der Waals surface area contributed by atoms with Gasteiger partial charge in [0.25, 0.3) is 0 Å². The van der Waals surface area contributed by atoms with Crippen molar-refractivity contribution in [1.82, 2.24) is 4.98 Å². The number of hydrogen-bond acceptors (Lipinski definition) is 4. The van der Waals surface area contributed by atoms with Crippen LogP contribution in [-0.2, 0) is 6.54 Å². The summed E-state index contributed by atoms with van der Waals surface area (Å²) in [6, 6.07) is 14.5. The number of aryl methyl sites for hydroxylation is 1. The molecular formula is C16H17N3S. The summed E-state index contributed by atoms with van der Waals surface area (Å²) in [6.45, 7) is 2.96. The molecule has 1 heterocycles. The van der Waals surface area contributed by atoms with Gasteiger partial charge in [0.2, 0.25) is 0 Å². The number of fused-ring (bicyclic) bond motifs is 1. The van der Waals surface area contributed by atoms with Crippen molar-refractivity contribution in [3.8, 4) is 0 Å². The molecule has 0 amide bonds. The van der Waals surface area contributed by atoms with Gasteiger partial charge in [0.15, 0.2) is 5.13 Å². The van der Waals surface area contributed by atoms with Gasteiger partial charge >= 0.3 is 0 Å². The van der Waals surface area contributed by atoms with Crippen LogP contribution in [0.15, 0.2) is 42.5 Å². The number of nitrogens with two attached hydrogens (primary N) is 1. The molecular weight excluding hydrogens is 266 g/mol. The highest BCUT2D eigenvalue weighted by Gasteiger charge is 2.09. The van der Waals surface area contributed by atoms with E-state index in [2.05, 4.69) is 48.1 Å². The van der Waals surface area contributed by atoms with E-state index in [0.717, 1.165) is 27.6 Å². The van der Waals surface area contributed by atoms with Gasteiger partial charge in [0.1, 0.15) is 0 Å². The van der Waals surface area contributed by atoms with Crippen LogP contribution in [0.2, 0.25) is 0 Å². The fourth-order valence-electron chi connectivity index (χ4n) is 2.13. The van der Waals surface area contributed by atoms with Crippen LogP contribution in [0.25, 0.3) is 10.2 Å². The second-order valence-corrected chi connectivity index (χ2v) is 6.07. The molecule has 0 spiro atoms. The molecule has 2 aromatic carbocycles. The predicted octanol–water partition coefficient (Wildman–Crippen LogP) is 3.82. The van der Waals surface area contributed by atoms with Crippen LogP contribution >= 0.6 is 11.3 Å². The molecule has 0 aliphatic carbocycles. The highest BCUT2D eigenvalue weighted by Crippen LogP contribution is 2.30. The Morgan fingerprint density at radius 1 is 1.15 bits per heavy atom. The van der Waals surface area contributed by atoms with E-state index in [0.29, 0.717) is 0 Å². The molecule has 0 atom stereocenters. The largest absolute Gasteiger partial charge is 0.399 e. The predicted molar refractivity (Wildman–Crippen MR) is 87.3 cm³/mol. The molecule has 0 fully saturated rings. The van der Waals surface area contributed by atoms with Crippen molar-refractivity contribution in [2.24, 2.45) is 0 Å². The molecule has 4 heteroatoms. The SMILES string of the molecule is Cc1ccc(CN(C)c2nc3ccc(N)cc3s2)cc1. The van der Waals surface area contributed by atoms with Crippen LogP contribution in [0, 0.1) is 6.92 Å². The first kappa shape index (κ1) is 12.9. The van der Waals surface area contributed by atoms with Gasteiger partial charge in [-0.3, -0.25) is 0 Å². The van der Waals surface area contributed by atoms with Gasteiger partial charge in [0.05, 0.1) is 10.2 Å². The van der Waals surface area contributed by atoms with Crippen molar-refractivity contribution in [2.45, 2.75) is 13.5 Å². The zero-order chi connectivity index (χ0) is 14.1. The summed E-state index contributed by atoms with van der Waals surface area (Å²) in [5.74, 6) is 0. The smallest absolute Gasteiger partial charge is 0.186 e. The van der Waals surface area contributed by atoms with Gasteiger partial charge in [-0.2, -0.15) is 0 Å². The summed E-state index contributed by atoms with van der Waals surface area (Å²) < 4.78 is 1.13. The number of thiazole rings is 1. The van der Waals surface area contributed by atoms with E-state index in [1.165, 1.54) is 11.1 Å². The topological polar surface area (TPSA) is 42.2 Å². The van der Waals surface area contributed by atoms with E-state index in [9.17, 15) is 0 Å². The van der Waals surface area contributed by atoms with Gasteiger partial charge in [-0.15, -0.1) is 0 Å². The summed E-state index contributed by atoms with van der Waals surface area (Å²) in [5, 5.41) is 1.02. The van der Waals surface area contributed by atoms with Crippen LogP contribution in [-0.4, -0.2) is 12.0 Å². The first-order valence-corrected chi connectivity index (χ1v) is 7.36. The first-order chi connectivity index (χ1) is 9.61. The summed E-state index contributed by atoms with van der Waals surface area (Å²) in [7, 11) is 2.07. The van der Waals surface area contributed by atoms with Crippen molar-refractivity contribution >= 4 is 32.4 Å². The summed E-state index contributed by atoms with van der Waals surface area (Å²) in [6.07, 6.45) is 0. The number of anilines is 2. The minimum atomic E-state index is 0.786. The fraction of sp³-hybridized carbons (Fsp3) is 0.188. The highest BCUT2D eigenvalue weighted by atomic mass is 32.1. The third-order valence-electron chi connectivity index (χ3n) is 3.27. The van der Waals surface area contributed by atoms with E-state index in [4.69, 9.17) is 5.73 Å². The zero-order valence-corrected chi connectivity index (χ0v) is 12.4. The minimum Gasteiger partial charge on any atom is -0.399 e. The van der Waals surface area contributed by atoms with Gasteiger partial charge in [-0.05, 0) is 30.7 Å². The lowest BCUT2D eigenvalue weighted by molar-refractivity contribution is 0.916. The summed E-state index contributed by atoms with van der Waals surface area (Å²) in [5.41, 5.74) is 10.2. The van der Waals surface area contributed by atoms with Gasteiger partial charge in [-0.1, -0.05) is 41.2 Å². The van der Waals surface area contributed by atoms with Crippen LogP contribution in [0.5, 0.6) is 0 Å². The number of rotatable bonds is 3. The Balaban J connectivity index is 1.84. The zero-order valence-electron chi connectivity index (χ0n) is 11.6. The maximum atomic E-state index is 5.81. The molecule has 0 saturated carbocycles. The van der Waals surface area contributed by atoms with Crippen molar-refractivity contribution < 1.29 is 0 Å². The number of nitrogens with zero attached hydrogens (tertiary/aromatic N) is 2. The molecule has 1 aromatic heterocycles. The maximum absolute atomic E-state index is 5.81. The number of aromatic nitrogens is 1. The second-order valence-electron chi connectivity index (χ2n) is 5.07. The summed E-state index contributed by atoms with van der Waals surface area (Å²) >= 11 is 1.68. The normalized spacial score (nSPS) is 10.9. The molecule has 0 aliphatic rings. The molecule has 3 rings (SSSR count). The van der Waals surface area contributed by atoms with Gasteiger partial charge < -0.3 is 10.6 Å². The Kier molecular flexibility index (Phi) is 3.32. The summed E-state index contributed by atoms with van der Waals surface area (Å²) in [4.78, 5) is 6.83. The molecule has 2 N–H and O–H groups in total. The lowest BCUT2D eigenvalue weighted by Gasteiger charge is -2.15. The molecule has 3 aromatic rings. The standard InChI is InChI=1S/C16H17N3S/c1-11-3-5-12(6-4-11)10-19(2)16-18-14-8-7-13(17)9-15(14)20-16/h3-9H,10,17H2,1-2H3. The Bertz CT molecular complexity index is 731. The number of hydrogen-bond donors (Lipinski definition) is 1. The van der Waals surface area contributed by atoms with Gasteiger partial charge in [0, 0.05) is 19.3 Å². The maximum Gasteiger partial charge on any atom is 0.186 e. The Morgan fingerprint density at radius 3 is 2.65 bits per heavy atom. The monoisotopic (exact) mass is 283 g/mol. The van der Waals surface area contributed by atoms with Crippen molar-refractivity contribution in [2.75, 3.05) is 17.7 Å². The molecule has 0 aliphatic heterocycles. The van der Waals surface area contributed by atoms with E-state index in [1.807, 2.05) is 18.2 Å². The Hall–Kier alpha value is -2.07. The van der Waals surface area contributed by atoms with E-state index < -0.39 is 0 Å². The second kappa shape index (κ2) is 5.13. The van der Waals surface area contributed by atoms with Crippen LogP contribution in [0.1, 0.15) is 11.1 Å².